The first kappa shape index (κ1) is 15.8. The van der Waals surface area contributed by atoms with Gasteiger partial charge in [0, 0.05) is 35.3 Å². The van der Waals surface area contributed by atoms with Crippen LogP contribution in [0, 0.1) is 5.92 Å². The maximum absolute atomic E-state index is 3.61. The number of hydrogen-bond donors (Lipinski definition) is 1. The number of hydrogen-bond acceptors (Lipinski definition) is 2. The van der Waals surface area contributed by atoms with E-state index in [9.17, 15) is 0 Å². The molecule has 0 aromatic heterocycles. The first-order valence-corrected chi connectivity index (χ1v) is 8.43. The van der Waals surface area contributed by atoms with E-state index in [0.29, 0.717) is 0 Å². The van der Waals surface area contributed by atoms with Crippen LogP contribution < -0.4 is 10.2 Å². The summed E-state index contributed by atoms with van der Waals surface area (Å²) in [7, 11) is 0. The number of halogens is 1. The standard InChI is InChI=1S/C17H27BrN2/c1-13-6-5-9-20(12-13)16-8-7-15(18)10-14(16)11-19-17(2,3)4/h7-8,10,13,19H,5-6,9,11-12H2,1-4H3. The Morgan fingerprint density at radius 3 is 2.75 bits per heavy atom. The minimum Gasteiger partial charge on any atom is -0.371 e. The van der Waals surface area contributed by atoms with Gasteiger partial charge in [-0.15, -0.1) is 0 Å². The van der Waals surface area contributed by atoms with Gasteiger partial charge in [0.05, 0.1) is 0 Å². The Balaban J connectivity index is 2.18. The highest BCUT2D eigenvalue weighted by Crippen LogP contribution is 2.29. The minimum atomic E-state index is 0.148. The first-order valence-electron chi connectivity index (χ1n) is 7.63. The average molecular weight is 339 g/mol. The van der Waals surface area contributed by atoms with Crippen molar-refractivity contribution in [2.75, 3.05) is 18.0 Å². The molecule has 2 nitrogen and oxygen atoms in total. The van der Waals surface area contributed by atoms with Crippen LogP contribution >= 0.6 is 15.9 Å². The number of benzene rings is 1. The number of rotatable bonds is 3. The zero-order valence-corrected chi connectivity index (χ0v) is 14.8. The molecule has 112 valence electrons. The molecular weight excluding hydrogens is 312 g/mol. The molecule has 1 saturated heterocycles. The van der Waals surface area contributed by atoms with Gasteiger partial charge in [-0.05, 0) is 63.3 Å². The van der Waals surface area contributed by atoms with Crippen LogP contribution in [0.25, 0.3) is 0 Å². The van der Waals surface area contributed by atoms with Crippen molar-refractivity contribution in [1.82, 2.24) is 5.32 Å². The third-order valence-electron chi connectivity index (χ3n) is 3.85. The highest BCUT2D eigenvalue weighted by Gasteiger charge is 2.19. The van der Waals surface area contributed by atoms with Crippen molar-refractivity contribution >= 4 is 21.6 Å². The van der Waals surface area contributed by atoms with Gasteiger partial charge in [-0.3, -0.25) is 0 Å². The zero-order valence-electron chi connectivity index (χ0n) is 13.2. The van der Waals surface area contributed by atoms with Gasteiger partial charge in [0.15, 0.2) is 0 Å². The number of piperidine rings is 1. The van der Waals surface area contributed by atoms with Crippen LogP contribution in [0.15, 0.2) is 22.7 Å². The lowest BCUT2D eigenvalue weighted by atomic mass is 9.98. The highest BCUT2D eigenvalue weighted by atomic mass is 79.9. The molecule has 1 aliphatic rings. The van der Waals surface area contributed by atoms with Crippen molar-refractivity contribution < 1.29 is 0 Å². The number of nitrogens with zero attached hydrogens (tertiary/aromatic N) is 1. The molecule has 0 saturated carbocycles. The lowest BCUT2D eigenvalue weighted by Crippen LogP contribution is -2.37. The number of nitrogens with one attached hydrogen (secondary N) is 1. The third-order valence-corrected chi connectivity index (χ3v) is 4.34. The first-order chi connectivity index (χ1) is 9.35. The van der Waals surface area contributed by atoms with Crippen molar-refractivity contribution in [2.45, 2.75) is 52.6 Å². The van der Waals surface area contributed by atoms with Gasteiger partial charge in [-0.25, -0.2) is 0 Å². The molecule has 3 heteroatoms. The lowest BCUT2D eigenvalue weighted by molar-refractivity contribution is 0.421. The van der Waals surface area contributed by atoms with Crippen molar-refractivity contribution in [1.29, 1.82) is 0 Å². The molecule has 1 unspecified atom stereocenters. The highest BCUT2D eigenvalue weighted by molar-refractivity contribution is 9.10. The smallest absolute Gasteiger partial charge is 0.0412 e. The molecule has 0 spiro atoms. The summed E-state index contributed by atoms with van der Waals surface area (Å²) in [6.07, 6.45) is 2.67. The van der Waals surface area contributed by atoms with E-state index in [1.807, 2.05) is 0 Å². The predicted octanol–water partition coefficient (Wildman–Crippen LogP) is 4.57. The molecular formula is C17H27BrN2. The van der Waals surface area contributed by atoms with E-state index in [-0.39, 0.29) is 5.54 Å². The molecule has 1 fully saturated rings. The van der Waals surface area contributed by atoms with E-state index in [1.165, 1.54) is 37.2 Å². The summed E-state index contributed by atoms with van der Waals surface area (Å²) in [6, 6.07) is 6.68. The van der Waals surface area contributed by atoms with Crippen LogP contribution in [0.2, 0.25) is 0 Å². The molecule has 0 bridgehead atoms. The summed E-state index contributed by atoms with van der Waals surface area (Å²) >= 11 is 3.61. The molecule has 0 radical (unpaired) electrons. The van der Waals surface area contributed by atoms with E-state index in [1.54, 1.807) is 0 Å². The van der Waals surface area contributed by atoms with Gasteiger partial charge >= 0.3 is 0 Å². The van der Waals surface area contributed by atoms with Gasteiger partial charge in [-0.1, -0.05) is 22.9 Å². The molecule has 1 aromatic carbocycles. The Labute approximate surface area is 132 Å². The zero-order chi connectivity index (χ0) is 14.8. The quantitative estimate of drug-likeness (QED) is 0.868. The monoisotopic (exact) mass is 338 g/mol. The van der Waals surface area contributed by atoms with E-state index in [2.05, 4.69) is 72.0 Å². The Hall–Kier alpha value is -0.540. The van der Waals surface area contributed by atoms with Crippen molar-refractivity contribution in [3.05, 3.63) is 28.2 Å². The van der Waals surface area contributed by atoms with Gasteiger partial charge in [0.1, 0.15) is 0 Å². The molecule has 1 N–H and O–H groups in total. The van der Waals surface area contributed by atoms with Crippen LogP contribution in [0.5, 0.6) is 0 Å². The molecule has 20 heavy (non-hydrogen) atoms. The van der Waals surface area contributed by atoms with Crippen LogP contribution in [0.4, 0.5) is 5.69 Å². The van der Waals surface area contributed by atoms with Crippen molar-refractivity contribution in [2.24, 2.45) is 5.92 Å². The molecule has 0 amide bonds. The molecule has 1 heterocycles. The molecule has 2 rings (SSSR count). The van der Waals surface area contributed by atoms with Gasteiger partial charge in [-0.2, -0.15) is 0 Å². The van der Waals surface area contributed by atoms with Crippen molar-refractivity contribution in [3.63, 3.8) is 0 Å². The van der Waals surface area contributed by atoms with Crippen LogP contribution in [0.3, 0.4) is 0 Å². The van der Waals surface area contributed by atoms with E-state index >= 15 is 0 Å². The topological polar surface area (TPSA) is 15.3 Å². The van der Waals surface area contributed by atoms with Crippen LogP contribution in [0.1, 0.15) is 46.1 Å². The van der Waals surface area contributed by atoms with Gasteiger partial charge in [0.25, 0.3) is 0 Å². The second-order valence-electron chi connectivity index (χ2n) is 7.07. The summed E-state index contributed by atoms with van der Waals surface area (Å²) in [5, 5.41) is 3.61. The summed E-state index contributed by atoms with van der Waals surface area (Å²) in [5.41, 5.74) is 2.94. The summed E-state index contributed by atoms with van der Waals surface area (Å²) in [6.45, 7) is 12.3. The fraction of sp³-hybridized carbons (Fsp3) is 0.647. The van der Waals surface area contributed by atoms with E-state index < -0.39 is 0 Å². The minimum absolute atomic E-state index is 0.148. The average Bonchev–Trinajstić information content (AvgIpc) is 2.35. The van der Waals surface area contributed by atoms with Crippen LogP contribution in [-0.2, 0) is 6.54 Å². The Kier molecular flexibility index (Phi) is 5.14. The Morgan fingerprint density at radius 1 is 1.35 bits per heavy atom. The summed E-state index contributed by atoms with van der Waals surface area (Å²) < 4.78 is 1.16. The second-order valence-corrected chi connectivity index (χ2v) is 7.99. The summed E-state index contributed by atoms with van der Waals surface area (Å²) in [4.78, 5) is 2.56. The third kappa shape index (κ3) is 4.49. The van der Waals surface area contributed by atoms with Crippen molar-refractivity contribution in [3.8, 4) is 0 Å². The van der Waals surface area contributed by atoms with E-state index in [4.69, 9.17) is 0 Å². The van der Waals surface area contributed by atoms with Gasteiger partial charge < -0.3 is 10.2 Å². The van der Waals surface area contributed by atoms with E-state index in [0.717, 1.165) is 16.9 Å². The predicted molar refractivity (Wildman–Crippen MR) is 91.3 cm³/mol. The SMILES string of the molecule is CC1CCCN(c2ccc(Br)cc2CNC(C)(C)C)C1. The molecule has 1 atom stereocenters. The fourth-order valence-corrected chi connectivity index (χ4v) is 3.18. The lowest BCUT2D eigenvalue weighted by Gasteiger charge is -2.34. The van der Waals surface area contributed by atoms with Crippen LogP contribution in [-0.4, -0.2) is 18.6 Å². The normalized spacial score (nSPS) is 20.2. The number of anilines is 1. The second kappa shape index (κ2) is 6.48. The fourth-order valence-electron chi connectivity index (χ4n) is 2.77. The maximum Gasteiger partial charge on any atom is 0.0412 e. The largest absolute Gasteiger partial charge is 0.371 e. The molecule has 0 aliphatic carbocycles. The Bertz CT molecular complexity index is 451. The summed E-state index contributed by atoms with van der Waals surface area (Å²) in [5.74, 6) is 0.802. The molecule has 1 aromatic rings. The van der Waals surface area contributed by atoms with Gasteiger partial charge in [0.2, 0.25) is 0 Å². The molecule has 1 aliphatic heterocycles. The Morgan fingerprint density at radius 2 is 2.10 bits per heavy atom. The maximum atomic E-state index is 3.61.